The van der Waals surface area contributed by atoms with E-state index in [2.05, 4.69) is 43.5 Å². The van der Waals surface area contributed by atoms with Gasteiger partial charge in [0.05, 0.1) is 0 Å². The predicted molar refractivity (Wildman–Crippen MR) is 86.0 cm³/mol. The fourth-order valence-corrected chi connectivity index (χ4v) is 2.40. The largest absolute Gasteiger partial charge is 0.370 e. The first-order valence-electron chi connectivity index (χ1n) is 8.22. The second-order valence-electron chi connectivity index (χ2n) is 5.92. The van der Waals surface area contributed by atoms with E-state index in [4.69, 9.17) is 4.98 Å². The first-order valence-corrected chi connectivity index (χ1v) is 8.22. The number of aryl methyl sites for hydroxylation is 1. The van der Waals surface area contributed by atoms with Gasteiger partial charge in [-0.1, -0.05) is 33.6 Å². The molecule has 2 N–H and O–H groups in total. The standard InChI is InChI=1S/C17H29N3/c1-4-13(5-2)11-19-17-10-14(9-15(6-3)20-17)12-18-16-7-8-16/h9-10,13,16,18H,4-8,11-12H2,1-3H3,(H,19,20). The first-order chi connectivity index (χ1) is 9.75. The molecule has 1 aliphatic carbocycles. The quantitative estimate of drug-likeness (QED) is 0.721. The zero-order chi connectivity index (χ0) is 14.4. The Bertz CT molecular complexity index is 409. The monoisotopic (exact) mass is 275 g/mol. The summed E-state index contributed by atoms with van der Waals surface area (Å²) in [6.07, 6.45) is 6.13. The lowest BCUT2D eigenvalue weighted by atomic mass is 10.0. The molecule has 3 nitrogen and oxygen atoms in total. The average Bonchev–Trinajstić information content (AvgIpc) is 3.30. The summed E-state index contributed by atoms with van der Waals surface area (Å²) in [5.74, 6) is 1.79. The Labute approximate surface area is 123 Å². The van der Waals surface area contributed by atoms with E-state index in [0.29, 0.717) is 0 Å². The Hall–Kier alpha value is -1.09. The fraction of sp³-hybridized carbons (Fsp3) is 0.706. The van der Waals surface area contributed by atoms with Gasteiger partial charge in [0.1, 0.15) is 5.82 Å². The molecule has 20 heavy (non-hydrogen) atoms. The van der Waals surface area contributed by atoms with E-state index in [1.54, 1.807) is 0 Å². The van der Waals surface area contributed by atoms with E-state index in [-0.39, 0.29) is 0 Å². The molecule has 1 aromatic rings. The van der Waals surface area contributed by atoms with Crippen molar-refractivity contribution in [2.75, 3.05) is 11.9 Å². The van der Waals surface area contributed by atoms with E-state index in [9.17, 15) is 0 Å². The second-order valence-corrected chi connectivity index (χ2v) is 5.92. The van der Waals surface area contributed by atoms with E-state index in [1.165, 1.54) is 36.9 Å². The fourth-order valence-electron chi connectivity index (χ4n) is 2.40. The summed E-state index contributed by atoms with van der Waals surface area (Å²) in [6.45, 7) is 8.70. The normalized spacial score (nSPS) is 14.8. The highest BCUT2D eigenvalue weighted by Crippen LogP contribution is 2.20. The molecule has 112 valence electrons. The van der Waals surface area contributed by atoms with E-state index >= 15 is 0 Å². The van der Waals surface area contributed by atoms with Crippen molar-refractivity contribution in [1.82, 2.24) is 10.3 Å². The molecule has 1 aliphatic rings. The molecule has 0 amide bonds. The van der Waals surface area contributed by atoms with Crippen molar-refractivity contribution < 1.29 is 0 Å². The lowest BCUT2D eigenvalue weighted by Crippen LogP contribution is -2.17. The van der Waals surface area contributed by atoms with E-state index in [0.717, 1.165) is 37.3 Å². The third-order valence-corrected chi connectivity index (χ3v) is 4.20. The van der Waals surface area contributed by atoms with Crippen molar-refractivity contribution in [3.05, 3.63) is 23.4 Å². The Morgan fingerprint density at radius 2 is 1.95 bits per heavy atom. The molecule has 1 saturated carbocycles. The van der Waals surface area contributed by atoms with Crippen molar-refractivity contribution in [2.45, 2.75) is 65.5 Å². The molecule has 1 fully saturated rings. The number of hydrogen-bond donors (Lipinski definition) is 2. The van der Waals surface area contributed by atoms with Gasteiger partial charge in [0, 0.05) is 24.8 Å². The van der Waals surface area contributed by atoms with Crippen LogP contribution in [0.3, 0.4) is 0 Å². The molecule has 0 radical (unpaired) electrons. The lowest BCUT2D eigenvalue weighted by molar-refractivity contribution is 0.518. The van der Waals surface area contributed by atoms with Gasteiger partial charge < -0.3 is 10.6 Å². The Morgan fingerprint density at radius 1 is 1.20 bits per heavy atom. The zero-order valence-corrected chi connectivity index (χ0v) is 13.2. The number of nitrogens with one attached hydrogen (secondary N) is 2. The minimum absolute atomic E-state index is 0.745. The van der Waals surface area contributed by atoms with Gasteiger partial charge in [-0.2, -0.15) is 0 Å². The second kappa shape index (κ2) is 7.63. The van der Waals surface area contributed by atoms with Crippen LogP contribution in [0.2, 0.25) is 0 Å². The summed E-state index contributed by atoms with van der Waals surface area (Å²) in [4.78, 5) is 4.70. The molecule has 0 atom stereocenters. The van der Waals surface area contributed by atoms with Gasteiger partial charge in [0.15, 0.2) is 0 Å². The molecule has 0 aromatic carbocycles. The van der Waals surface area contributed by atoms with Crippen molar-refractivity contribution >= 4 is 5.82 Å². The summed E-state index contributed by atoms with van der Waals surface area (Å²) in [5, 5.41) is 7.11. The van der Waals surface area contributed by atoms with E-state index < -0.39 is 0 Å². The molecule has 0 unspecified atom stereocenters. The smallest absolute Gasteiger partial charge is 0.126 e. The maximum atomic E-state index is 4.70. The van der Waals surface area contributed by atoms with Crippen LogP contribution in [0.5, 0.6) is 0 Å². The topological polar surface area (TPSA) is 37.0 Å². The number of hydrogen-bond acceptors (Lipinski definition) is 3. The van der Waals surface area contributed by atoms with E-state index in [1.807, 2.05) is 0 Å². The molecular formula is C17H29N3. The molecule has 0 aliphatic heterocycles. The number of pyridine rings is 1. The van der Waals surface area contributed by atoms with Gasteiger partial charge in [-0.3, -0.25) is 0 Å². The minimum atomic E-state index is 0.745. The SMILES string of the molecule is CCc1cc(CNC2CC2)cc(NCC(CC)CC)n1. The Kier molecular flexibility index (Phi) is 5.84. The van der Waals surface area contributed by atoms with Gasteiger partial charge in [-0.15, -0.1) is 0 Å². The molecule has 1 aromatic heterocycles. The minimum Gasteiger partial charge on any atom is -0.370 e. The molecule has 0 bridgehead atoms. The highest BCUT2D eigenvalue weighted by molar-refractivity contribution is 5.40. The highest BCUT2D eigenvalue weighted by Gasteiger charge is 2.20. The van der Waals surface area contributed by atoms with Crippen LogP contribution in [0, 0.1) is 5.92 Å². The van der Waals surface area contributed by atoms with Gasteiger partial charge in [-0.25, -0.2) is 4.98 Å². The third-order valence-electron chi connectivity index (χ3n) is 4.20. The average molecular weight is 275 g/mol. The van der Waals surface area contributed by atoms with Gasteiger partial charge >= 0.3 is 0 Å². The van der Waals surface area contributed by atoms with Crippen LogP contribution in [-0.2, 0) is 13.0 Å². The summed E-state index contributed by atoms with van der Waals surface area (Å²) in [7, 11) is 0. The van der Waals surface area contributed by atoms with Crippen molar-refractivity contribution in [3.8, 4) is 0 Å². The summed E-state index contributed by atoms with van der Waals surface area (Å²) >= 11 is 0. The first kappa shape index (κ1) is 15.3. The number of nitrogens with zero attached hydrogens (tertiary/aromatic N) is 1. The zero-order valence-electron chi connectivity index (χ0n) is 13.2. The van der Waals surface area contributed by atoms with Gasteiger partial charge in [-0.05, 0) is 42.9 Å². The van der Waals surface area contributed by atoms with Crippen LogP contribution in [0.1, 0.15) is 57.7 Å². The predicted octanol–water partition coefficient (Wildman–Crippen LogP) is 3.74. The molecule has 0 saturated heterocycles. The molecular weight excluding hydrogens is 246 g/mol. The Morgan fingerprint density at radius 3 is 2.55 bits per heavy atom. The van der Waals surface area contributed by atoms with Crippen LogP contribution in [-0.4, -0.2) is 17.6 Å². The molecule has 2 rings (SSSR count). The van der Waals surface area contributed by atoms with Crippen LogP contribution < -0.4 is 10.6 Å². The van der Waals surface area contributed by atoms with Crippen LogP contribution in [0.15, 0.2) is 12.1 Å². The third kappa shape index (κ3) is 4.78. The number of anilines is 1. The van der Waals surface area contributed by atoms with Crippen LogP contribution in [0.25, 0.3) is 0 Å². The van der Waals surface area contributed by atoms with Gasteiger partial charge in [0.2, 0.25) is 0 Å². The van der Waals surface area contributed by atoms with Crippen LogP contribution >= 0.6 is 0 Å². The summed E-state index contributed by atoms with van der Waals surface area (Å²) < 4.78 is 0. The molecule has 3 heteroatoms. The highest BCUT2D eigenvalue weighted by atomic mass is 15.0. The van der Waals surface area contributed by atoms with Crippen molar-refractivity contribution in [3.63, 3.8) is 0 Å². The number of rotatable bonds is 9. The maximum Gasteiger partial charge on any atom is 0.126 e. The maximum absolute atomic E-state index is 4.70. The van der Waals surface area contributed by atoms with Crippen molar-refractivity contribution in [1.29, 1.82) is 0 Å². The molecule has 0 spiro atoms. The van der Waals surface area contributed by atoms with Crippen LogP contribution in [0.4, 0.5) is 5.82 Å². The summed E-state index contributed by atoms with van der Waals surface area (Å²) in [6, 6.07) is 5.20. The lowest BCUT2D eigenvalue weighted by Gasteiger charge is -2.15. The Balaban J connectivity index is 1.96. The van der Waals surface area contributed by atoms with Gasteiger partial charge in [0.25, 0.3) is 0 Å². The number of aromatic nitrogens is 1. The summed E-state index contributed by atoms with van der Waals surface area (Å²) in [5.41, 5.74) is 2.54. The van der Waals surface area contributed by atoms with Crippen molar-refractivity contribution in [2.24, 2.45) is 5.92 Å². The molecule has 1 heterocycles.